The fourth-order valence-corrected chi connectivity index (χ4v) is 3.86. The molecule has 0 radical (unpaired) electrons. The van der Waals surface area contributed by atoms with Gasteiger partial charge in [-0.2, -0.15) is 8.78 Å². The molecular weight excluding hydrogens is 737 g/mol. The number of esters is 1. The average molecular weight is 788 g/mol. The Balaban J connectivity index is 1.20. The minimum Gasteiger partial charge on any atom is -0.491 e. The van der Waals surface area contributed by atoms with Gasteiger partial charge in [-0.25, -0.2) is 13.2 Å². The van der Waals surface area contributed by atoms with Gasteiger partial charge in [0, 0.05) is 5.69 Å². The summed E-state index contributed by atoms with van der Waals surface area (Å²) in [5.41, 5.74) is 6.32. The van der Waals surface area contributed by atoms with E-state index in [1.165, 1.54) is 0 Å². The van der Waals surface area contributed by atoms with Crippen LogP contribution in [0.1, 0.15) is 6.42 Å². The third kappa shape index (κ3) is 22.2. The van der Waals surface area contributed by atoms with Gasteiger partial charge >= 0.3 is 5.97 Å². The van der Waals surface area contributed by atoms with Crippen molar-refractivity contribution in [1.82, 2.24) is 0 Å². The maximum atomic E-state index is 13.5. The molecule has 0 unspecified atom stereocenters. The predicted octanol–water partition coefficient (Wildman–Crippen LogP) is 3.50. The van der Waals surface area contributed by atoms with Crippen molar-refractivity contribution in [3.63, 3.8) is 0 Å². The molecule has 0 saturated carbocycles. The minimum absolute atomic E-state index is 0.0777. The molecular formula is C35H50F5NO13. The van der Waals surface area contributed by atoms with E-state index < -0.39 is 47.2 Å². The van der Waals surface area contributed by atoms with Gasteiger partial charge in [-0.05, 0) is 24.3 Å². The molecule has 54 heavy (non-hydrogen) atoms. The summed E-state index contributed by atoms with van der Waals surface area (Å²) in [7, 11) is 0. The summed E-state index contributed by atoms with van der Waals surface area (Å²) < 4.78 is 130. The number of carbonyl (C=O) groups excluding carboxylic acids is 1. The highest BCUT2D eigenvalue weighted by molar-refractivity contribution is 5.72. The molecule has 2 aromatic rings. The van der Waals surface area contributed by atoms with Gasteiger partial charge in [-0.15, -0.1) is 0 Å². The Kier molecular flexibility index (Phi) is 26.9. The summed E-state index contributed by atoms with van der Waals surface area (Å²) >= 11 is 0. The van der Waals surface area contributed by atoms with E-state index in [0.29, 0.717) is 118 Å². The molecule has 0 aliphatic carbocycles. The summed E-state index contributed by atoms with van der Waals surface area (Å²) in [4.78, 5) is 11.7. The van der Waals surface area contributed by atoms with Crippen LogP contribution in [0, 0.1) is 29.1 Å². The molecule has 0 aromatic heterocycles. The van der Waals surface area contributed by atoms with Gasteiger partial charge in [-0.1, -0.05) is 0 Å². The Bertz CT molecular complexity index is 1240. The van der Waals surface area contributed by atoms with Crippen LogP contribution in [-0.2, 0) is 52.2 Å². The highest BCUT2D eigenvalue weighted by atomic mass is 19.2. The molecule has 0 spiro atoms. The summed E-state index contributed by atoms with van der Waals surface area (Å²) in [6.07, 6.45) is -0.489. The van der Waals surface area contributed by atoms with Crippen LogP contribution >= 0.6 is 0 Å². The number of nitrogen functional groups attached to an aromatic ring is 1. The molecule has 14 nitrogen and oxygen atoms in total. The second-order valence-electron chi connectivity index (χ2n) is 10.7. The second-order valence-corrected chi connectivity index (χ2v) is 10.7. The highest BCUT2D eigenvalue weighted by Gasteiger charge is 2.28. The third-order valence-electron chi connectivity index (χ3n) is 6.56. The summed E-state index contributed by atoms with van der Waals surface area (Å²) in [5, 5.41) is 0. The zero-order valence-corrected chi connectivity index (χ0v) is 30.1. The number of ether oxygens (including phenoxy) is 12. The van der Waals surface area contributed by atoms with Crippen LogP contribution in [-0.4, -0.2) is 145 Å². The normalized spacial score (nSPS) is 11.4. The van der Waals surface area contributed by atoms with Crippen molar-refractivity contribution in [3.8, 4) is 11.5 Å². The van der Waals surface area contributed by atoms with Crippen molar-refractivity contribution in [2.75, 3.05) is 144 Å². The molecule has 0 heterocycles. The molecule has 0 aliphatic heterocycles. The predicted molar refractivity (Wildman–Crippen MR) is 181 cm³/mol. The van der Waals surface area contributed by atoms with Crippen molar-refractivity contribution in [2.24, 2.45) is 0 Å². The van der Waals surface area contributed by atoms with Crippen LogP contribution in [0.3, 0.4) is 0 Å². The molecule has 0 saturated heterocycles. The summed E-state index contributed by atoms with van der Waals surface area (Å²) in [5.74, 6) is -13.4. The zero-order chi connectivity index (χ0) is 39.1. The second kappa shape index (κ2) is 31.0. The molecule has 0 atom stereocenters. The molecule has 2 rings (SSSR count). The SMILES string of the molecule is Nc1ccc(OCCOCCOCCOCCOCCOCCOCCOCCOCCOCCOCCC(=O)Oc2c(F)c(F)c(F)c(F)c2F)cc1. The zero-order valence-electron chi connectivity index (χ0n) is 30.1. The van der Waals surface area contributed by atoms with Crippen LogP contribution in [0.15, 0.2) is 24.3 Å². The lowest BCUT2D eigenvalue weighted by Crippen LogP contribution is -2.16. The molecule has 0 aliphatic rings. The van der Waals surface area contributed by atoms with E-state index in [-0.39, 0.29) is 26.4 Å². The van der Waals surface area contributed by atoms with Gasteiger partial charge < -0.3 is 62.6 Å². The third-order valence-corrected chi connectivity index (χ3v) is 6.56. The number of hydrogen-bond donors (Lipinski definition) is 1. The van der Waals surface area contributed by atoms with Crippen molar-refractivity contribution in [3.05, 3.63) is 53.4 Å². The number of rotatable bonds is 35. The van der Waals surface area contributed by atoms with E-state index in [0.717, 1.165) is 5.75 Å². The lowest BCUT2D eigenvalue weighted by Gasteiger charge is -2.09. The number of halogens is 5. The molecule has 2 aromatic carbocycles. The van der Waals surface area contributed by atoms with E-state index in [1.807, 2.05) is 12.1 Å². The van der Waals surface area contributed by atoms with Crippen molar-refractivity contribution >= 4 is 11.7 Å². The fourth-order valence-electron chi connectivity index (χ4n) is 3.86. The maximum Gasteiger partial charge on any atom is 0.313 e. The Labute approximate surface area is 311 Å². The molecule has 0 amide bonds. The Morgan fingerprint density at radius 1 is 0.407 bits per heavy atom. The number of hydrogen-bond acceptors (Lipinski definition) is 14. The Morgan fingerprint density at radius 2 is 0.685 bits per heavy atom. The summed E-state index contributed by atoms with van der Waals surface area (Å²) in [6.45, 7) is 7.59. The first kappa shape index (κ1) is 46.9. The lowest BCUT2D eigenvalue weighted by atomic mass is 10.2. The lowest BCUT2D eigenvalue weighted by molar-refractivity contribution is -0.136. The van der Waals surface area contributed by atoms with Gasteiger partial charge in [0.15, 0.2) is 0 Å². The first-order valence-corrected chi connectivity index (χ1v) is 17.3. The van der Waals surface area contributed by atoms with Crippen molar-refractivity contribution < 1.29 is 83.6 Å². The van der Waals surface area contributed by atoms with Crippen LogP contribution in [0.25, 0.3) is 0 Å². The quantitative estimate of drug-likeness (QED) is 0.0206. The highest BCUT2D eigenvalue weighted by Crippen LogP contribution is 2.29. The van der Waals surface area contributed by atoms with E-state index >= 15 is 0 Å². The van der Waals surface area contributed by atoms with E-state index in [4.69, 9.17) is 57.8 Å². The standard InChI is InChI=1S/C35H50F5NO13/c36-30-31(37)33(39)35(34(40)32(30)38)54-29(42)5-6-43-7-8-44-9-10-45-11-12-46-13-14-47-15-16-48-17-18-49-19-20-50-21-22-51-23-24-52-25-26-53-28-3-1-27(41)2-4-28/h1-4H,5-26,41H2. The Hall–Kier alpha value is -3.24. The number of benzene rings is 2. The maximum absolute atomic E-state index is 13.5. The van der Waals surface area contributed by atoms with Gasteiger partial charge in [-0.3, -0.25) is 4.79 Å². The largest absolute Gasteiger partial charge is 0.491 e. The number of anilines is 1. The van der Waals surface area contributed by atoms with Gasteiger partial charge in [0.1, 0.15) is 12.4 Å². The smallest absolute Gasteiger partial charge is 0.313 e. The van der Waals surface area contributed by atoms with Gasteiger partial charge in [0.25, 0.3) is 0 Å². The van der Waals surface area contributed by atoms with Crippen LogP contribution in [0.2, 0.25) is 0 Å². The van der Waals surface area contributed by atoms with Crippen molar-refractivity contribution in [1.29, 1.82) is 0 Å². The van der Waals surface area contributed by atoms with E-state index in [2.05, 4.69) is 4.74 Å². The fraction of sp³-hybridized carbons (Fsp3) is 0.629. The van der Waals surface area contributed by atoms with Crippen molar-refractivity contribution in [2.45, 2.75) is 6.42 Å². The minimum atomic E-state index is -2.35. The molecule has 0 fully saturated rings. The first-order valence-electron chi connectivity index (χ1n) is 17.3. The van der Waals surface area contributed by atoms with E-state index in [9.17, 15) is 26.7 Å². The molecule has 2 N–H and O–H groups in total. The van der Waals surface area contributed by atoms with Crippen LogP contribution in [0.4, 0.5) is 27.6 Å². The number of nitrogens with two attached hydrogens (primary N) is 1. The Morgan fingerprint density at radius 3 is 1.02 bits per heavy atom. The molecule has 19 heteroatoms. The monoisotopic (exact) mass is 787 g/mol. The summed E-state index contributed by atoms with van der Waals surface area (Å²) in [6, 6.07) is 7.19. The molecule has 308 valence electrons. The molecule has 0 bridgehead atoms. The van der Waals surface area contributed by atoms with Crippen LogP contribution < -0.4 is 15.2 Å². The topological polar surface area (TPSA) is 154 Å². The number of carbonyl (C=O) groups is 1. The van der Waals surface area contributed by atoms with Gasteiger partial charge in [0.05, 0.1) is 139 Å². The van der Waals surface area contributed by atoms with Crippen LogP contribution in [0.5, 0.6) is 11.5 Å². The first-order chi connectivity index (χ1) is 26.3. The van der Waals surface area contributed by atoms with E-state index in [1.54, 1.807) is 12.1 Å². The average Bonchev–Trinajstić information content (AvgIpc) is 3.17. The van der Waals surface area contributed by atoms with Gasteiger partial charge in [0.2, 0.25) is 34.8 Å².